The maximum absolute atomic E-state index is 11.5. The highest BCUT2D eigenvalue weighted by atomic mass is 16.6. The average Bonchev–Trinajstić information content (AvgIpc) is 2.98. The molecule has 0 spiro atoms. The van der Waals surface area contributed by atoms with Crippen LogP contribution in [0.4, 0.5) is 0 Å². The number of unbranched alkanes of at least 4 members (excludes halogenated alkanes) is 1. The van der Waals surface area contributed by atoms with Crippen LogP contribution in [0.1, 0.15) is 53.4 Å². The highest BCUT2D eigenvalue weighted by Gasteiger charge is 2.38. The van der Waals surface area contributed by atoms with Gasteiger partial charge in [-0.05, 0) is 33.6 Å². The number of rotatable bonds is 8. The van der Waals surface area contributed by atoms with Crippen LogP contribution in [-0.4, -0.2) is 37.0 Å². The third-order valence-corrected chi connectivity index (χ3v) is 2.66. The maximum Gasteiger partial charge on any atom is 0.306 e. The van der Waals surface area contributed by atoms with E-state index in [4.69, 9.17) is 14.2 Å². The van der Waals surface area contributed by atoms with Crippen LogP contribution in [0.5, 0.6) is 0 Å². The molecule has 0 N–H and O–H groups in total. The predicted molar refractivity (Wildman–Crippen MR) is 69.5 cm³/mol. The Hall–Kier alpha value is -0.610. The summed E-state index contributed by atoms with van der Waals surface area (Å²) in [6.45, 7) is 9.23. The van der Waals surface area contributed by atoms with Crippen LogP contribution in [0.2, 0.25) is 0 Å². The standard InChI is InChI=1S/C14H26O4/c1-5-6-9-16-10-12-11(17-12)7-8-13(15)18-14(2,3)4/h11-12H,5-10H2,1-4H3/t11-,12+/m0/s1. The second-order valence-corrected chi connectivity index (χ2v) is 5.77. The average molecular weight is 258 g/mol. The van der Waals surface area contributed by atoms with Crippen molar-refractivity contribution in [3.63, 3.8) is 0 Å². The minimum Gasteiger partial charge on any atom is -0.460 e. The Morgan fingerprint density at radius 1 is 1.28 bits per heavy atom. The summed E-state index contributed by atoms with van der Waals surface area (Å²) in [5, 5.41) is 0. The van der Waals surface area contributed by atoms with E-state index in [1.165, 1.54) is 0 Å². The zero-order valence-electron chi connectivity index (χ0n) is 12.0. The summed E-state index contributed by atoms with van der Waals surface area (Å²) < 4.78 is 16.2. The number of ether oxygens (including phenoxy) is 3. The monoisotopic (exact) mass is 258 g/mol. The smallest absolute Gasteiger partial charge is 0.306 e. The fourth-order valence-electron chi connectivity index (χ4n) is 1.68. The normalized spacial score (nSPS) is 22.9. The number of carbonyl (C=O) groups is 1. The molecule has 0 aromatic rings. The van der Waals surface area contributed by atoms with Crippen LogP contribution in [0.3, 0.4) is 0 Å². The topological polar surface area (TPSA) is 48.1 Å². The van der Waals surface area contributed by atoms with E-state index in [1.807, 2.05) is 20.8 Å². The van der Waals surface area contributed by atoms with Gasteiger partial charge in [0.25, 0.3) is 0 Å². The lowest BCUT2D eigenvalue weighted by Crippen LogP contribution is -2.24. The van der Waals surface area contributed by atoms with Gasteiger partial charge < -0.3 is 14.2 Å². The lowest BCUT2D eigenvalue weighted by molar-refractivity contribution is -0.155. The number of epoxide rings is 1. The fourth-order valence-corrected chi connectivity index (χ4v) is 1.68. The van der Waals surface area contributed by atoms with Gasteiger partial charge in [-0.3, -0.25) is 4.79 Å². The minimum atomic E-state index is -0.399. The Kier molecular flexibility index (Phi) is 6.09. The van der Waals surface area contributed by atoms with Crippen molar-refractivity contribution in [1.29, 1.82) is 0 Å². The number of hydrogen-bond donors (Lipinski definition) is 0. The van der Waals surface area contributed by atoms with Crippen molar-refractivity contribution in [1.82, 2.24) is 0 Å². The van der Waals surface area contributed by atoms with Gasteiger partial charge in [-0.2, -0.15) is 0 Å². The molecule has 0 aromatic heterocycles. The molecular weight excluding hydrogens is 232 g/mol. The fraction of sp³-hybridized carbons (Fsp3) is 0.929. The van der Waals surface area contributed by atoms with Crippen LogP contribution in [0.15, 0.2) is 0 Å². The molecule has 0 aliphatic carbocycles. The van der Waals surface area contributed by atoms with Gasteiger partial charge in [-0.1, -0.05) is 13.3 Å². The molecule has 4 heteroatoms. The van der Waals surface area contributed by atoms with E-state index in [1.54, 1.807) is 0 Å². The van der Waals surface area contributed by atoms with Crippen molar-refractivity contribution in [3.05, 3.63) is 0 Å². The molecule has 106 valence electrons. The molecule has 18 heavy (non-hydrogen) atoms. The molecule has 4 nitrogen and oxygen atoms in total. The van der Waals surface area contributed by atoms with Gasteiger partial charge in [0.05, 0.1) is 12.7 Å². The lowest BCUT2D eigenvalue weighted by atomic mass is 10.1. The zero-order valence-corrected chi connectivity index (χ0v) is 12.0. The Morgan fingerprint density at radius 2 is 2.00 bits per heavy atom. The molecule has 0 radical (unpaired) electrons. The van der Waals surface area contributed by atoms with Gasteiger partial charge in [-0.15, -0.1) is 0 Å². The molecule has 1 saturated heterocycles. The Labute approximate surface area is 110 Å². The summed E-state index contributed by atoms with van der Waals surface area (Å²) in [5.74, 6) is -0.149. The highest BCUT2D eigenvalue weighted by Crippen LogP contribution is 2.27. The second-order valence-electron chi connectivity index (χ2n) is 5.77. The molecule has 0 amide bonds. The Morgan fingerprint density at radius 3 is 2.61 bits per heavy atom. The van der Waals surface area contributed by atoms with Crippen molar-refractivity contribution < 1.29 is 19.0 Å². The molecule has 0 unspecified atom stereocenters. The van der Waals surface area contributed by atoms with Crippen LogP contribution < -0.4 is 0 Å². The van der Waals surface area contributed by atoms with Gasteiger partial charge in [0.2, 0.25) is 0 Å². The minimum absolute atomic E-state index is 0.149. The number of esters is 1. The quantitative estimate of drug-likeness (QED) is 0.381. The molecule has 2 atom stereocenters. The van der Waals surface area contributed by atoms with Crippen molar-refractivity contribution in [2.45, 2.75) is 71.2 Å². The second kappa shape index (κ2) is 7.10. The van der Waals surface area contributed by atoms with Crippen molar-refractivity contribution >= 4 is 5.97 Å². The van der Waals surface area contributed by atoms with Gasteiger partial charge in [0.15, 0.2) is 0 Å². The van der Waals surface area contributed by atoms with Crippen LogP contribution in [-0.2, 0) is 19.0 Å². The van der Waals surface area contributed by atoms with Gasteiger partial charge >= 0.3 is 5.97 Å². The van der Waals surface area contributed by atoms with E-state index in [0.717, 1.165) is 25.9 Å². The SMILES string of the molecule is CCCCOC[C@H]1O[C@H]1CCC(=O)OC(C)(C)C. The van der Waals surface area contributed by atoms with Crippen LogP contribution in [0, 0.1) is 0 Å². The van der Waals surface area contributed by atoms with Gasteiger partial charge in [0.1, 0.15) is 11.7 Å². The Balaban J connectivity index is 2.00. The summed E-state index contributed by atoms with van der Waals surface area (Å²) >= 11 is 0. The number of carbonyl (C=O) groups excluding carboxylic acids is 1. The van der Waals surface area contributed by atoms with E-state index in [9.17, 15) is 4.79 Å². The Bertz CT molecular complexity index is 257. The summed E-state index contributed by atoms with van der Waals surface area (Å²) in [4.78, 5) is 11.5. The summed E-state index contributed by atoms with van der Waals surface area (Å²) in [6, 6.07) is 0. The summed E-state index contributed by atoms with van der Waals surface area (Å²) in [7, 11) is 0. The first-order valence-electron chi connectivity index (χ1n) is 6.87. The zero-order chi connectivity index (χ0) is 13.6. The van der Waals surface area contributed by atoms with Crippen molar-refractivity contribution in [3.8, 4) is 0 Å². The molecular formula is C14H26O4. The van der Waals surface area contributed by atoms with Crippen molar-refractivity contribution in [2.75, 3.05) is 13.2 Å². The van der Waals surface area contributed by atoms with Gasteiger partial charge in [0, 0.05) is 13.0 Å². The third kappa shape index (κ3) is 6.97. The van der Waals surface area contributed by atoms with Gasteiger partial charge in [-0.25, -0.2) is 0 Å². The molecule has 1 aliphatic rings. The van der Waals surface area contributed by atoms with Crippen molar-refractivity contribution in [2.24, 2.45) is 0 Å². The number of hydrogen-bond acceptors (Lipinski definition) is 4. The van der Waals surface area contributed by atoms with E-state index >= 15 is 0 Å². The maximum atomic E-state index is 11.5. The molecule has 0 bridgehead atoms. The molecule has 0 saturated carbocycles. The van der Waals surface area contributed by atoms with Crippen LogP contribution in [0.25, 0.3) is 0 Å². The molecule has 1 aliphatic heterocycles. The summed E-state index contributed by atoms with van der Waals surface area (Å²) in [5.41, 5.74) is -0.399. The van der Waals surface area contributed by atoms with E-state index in [2.05, 4.69) is 6.92 Å². The van der Waals surface area contributed by atoms with E-state index < -0.39 is 5.60 Å². The van der Waals surface area contributed by atoms with E-state index in [-0.39, 0.29) is 18.2 Å². The highest BCUT2D eigenvalue weighted by molar-refractivity contribution is 5.69. The van der Waals surface area contributed by atoms with E-state index in [0.29, 0.717) is 13.0 Å². The van der Waals surface area contributed by atoms with Crippen LogP contribution >= 0.6 is 0 Å². The molecule has 1 rings (SSSR count). The molecule has 0 aromatic carbocycles. The first kappa shape index (κ1) is 15.4. The molecule has 1 fully saturated rings. The third-order valence-electron chi connectivity index (χ3n) is 2.66. The first-order chi connectivity index (χ1) is 8.42. The first-order valence-corrected chi connectivity index (χ1v) is 6.87. The lowest BCUT2D eigenvalue weighted by Gasteiger charge is -2.19. The summed E-state index contributed by atoms with van der Waals surface area (Å²) in [6.07, 6.45) is 3.76. The largest absolute Gasteiger partial charge is 0.460 e. The predicted octanol–water partition coefficient (Wildman–Crippen LogP) is 2.69. The molecule has 1 heterocycles.